The monoisotopic (exact) mass is 369 g/mol. The lowest BCUT2D eigenvalue weighted by molar-refractivity contribution is 0.102. The fourth-order valence-electron chi connectivity index (χ4n) is 3.25. The van der Waals surface area contributed by atoms with Gasteiger partial charge in [0.1, 0.15) is 0 Å². The van der Waals surface area contributed by atoms with Crippen molar-refractivity contribution in [3.8, 4) is 17.3 Å². The highest BCUT2D eigenvalue weighted by atomic mass is 16.1. The number of hydrogen-bond acceptors (Lipinski definition) is 5. The number of aromatic nitrogens is 2. The molecule has 6 nitrogen and oxygen atoms in total. The average Bonchev–Trinajstić information content (AvgIpc) is 3.29. The summed E-state index contributed by atoms with van der Waals surface area (Å²) in [6, 6.07) is 20.1. The van der Waals surface area contributed by atoms with Crippen LogP contribution in [0.15, 0.2) is 60.7 Å². The molecule has 1 saturated heterocycles. The molecule has 1 N–H and O–H groups in total. The molecule has 0 atom stereocenters. The Kier molecular flexibility index (Phi) is 4.98. The van der Waals surface area contributed by atoms with E-state index < -0.39 is 0 Å². The molecule has 1 aromatic heterocycles. The van der Waals surface area contributed by atoms with Crippen LogP contribution in [-0.4, -0.2) is 29.2 Å². The summed E-state index contributed by atoms with van der Waals surface area (Å²) in [4.78, 5) is 14.6. The van der Waals surface area contributed by atoms with Gasteiger partial charge in [0.2, 0.25) is 0 Å². The maximum atomic E-state index is 12.4. The molecule has 0 aliphatic carbocycles. The lowest BCUT2D eigenvalue weighted by Gasteiger charge is -2.15. The second kappa shape index (κ2) is 7.89. The Morgan fingerprint density at radius 1 is 1.00 bits per heavy atom. The zero-order chi connectivity index (χ0) is 19.3. The quantitative estimate of drug-likeness (QED) is 0.755. The SMILES string of the molecule is N#Cc1cccc(C(=O)Nc2ccc(-c3ccc(N4CCCC4)nn3)cc2)c1. The highest BCUT2D eigenvalue weighted by Crippen LogP contribution is 2.22. The highest BCUT2D eigenvalue weighted by molar-refractivity contribution is 6.04. The van der Waals surface area contributed by atoms with Crippen LogP contribution in [0.4, 0.5) is 11.5 Å². The number of nitrogens with one attached hydrogen (secondary N) is 1. The average molecular weight is 369 g/mol. The molecule has 0 unspecified atom stereocenters. The molecule has 0 radical (unpaired) electrons. The molecule has 28 heavy (non-hydrogen) atoms. The summed E-state index contributed by atoms with van der Waals surface area (Å²) in [6.07, 6.45) is 2.41. The van der Waals surface area contributed by atoms with Crippen LogP contribution in [0, 0.1) is 11.3 Å². The predicted octanol–water partition coefficient (Wildman–Crippen LogP) is 3.87. The van der Waals surface area contributed by atoms with Crippen LogP contribution in [0.25, 0.3) is 11.3 Å². The summed E-state index contributed by atoms with van der Waals surface area (Å²) in [5, 5.41) is 20.5. The van der Waals surface area contributed by atoms with Gasteiger partial charge in [-0.25, -0.2) is 0 Å². The van der Waals surface area contributed by atoms with Gasteiger partial charge in [0.15, 0.2) is 5.82 Å². The van der Waals surface area contributed by atoms with Crippen molar-refractivity contribution in [2.45, 2.75) is 12.8 Å². The number of hydrogen-bond donors (Lipinski definition) is 1. The molecule has 3 aromatic rings. The van der Waals surface area contributed by atoms with Crippen LogP contribution in [0.5, 0.6) is 0 Å². The molecule has 0 spiro atoms. The second-order valence-electron chi connectivity index (χ2n) is 6.70. The second-order valence-corrected chi connectivity index (χ2v) is 6.70. The van der Waals surface area contributed by atoms with Crippen LogP contribution < -0.4 is 10.2 Å². The van der Waals surface area contributed by atoms with E-state index in [-0.39, 0.29) is 5.91 Å². The Morgan fingerprint density at radius 3 is 2.46 bits per heavy atom. The van der Waals surface area contributed by atoms with Gasteiger partial charge < -0.3 is 10.2 Å². The minimum Gasteiger partial charge on any atom is -0.355 e. The molecule has 1 amide bonds. The van der Waals surface area contributed by atoms with Gasteiger partial charge in [-0.15, -0.1) is 10.2 Å². The standard InChI is InChI=1S/C22H19N5O/c23-15-16-4-3-5-18(14-16)22(28)24-19-8-6-17(7-9-19)20-10-11-21(26-25-20)27-12-1-2-13-27/h3-11,14H,1-2,12-13H2,(H,24,28). The van der Waals surface area contributed by atoms with E-state index in [1.54, 1.807) is 24.3 Å². The number of nitrogens with zero attached hydrogens (tertiary/aromatic N) is 4. The zero-order valence-electron chi connectivity index (χ0n) is 15.3. The molecular formula is C22H19N5O. The van der Waals surface area contributed by atoms with Crippen molar-refractivity contribution < 1.29 is 4.79 Å². The Labute approximate surface area is 163 Å². The smallest absolute Gasteiger partial charge is 0.255 e. The Hall–Kier alpha value is -3.72. The molecule has 6 heteroatoms. The number of anilines is 2. The summed E-state index contributed by atoms with van der Waals surface area (Å²) in [7, 11) is 0. The van der Waals surface area contributed by atoms with Gasteiger partial charge in [-0.2, -0.15) is 5.26 Å². The number of nitriles is 1. The van der Waals surface area contributed by atoms with E-state index in [1.165, 1.54) is 12.8 Å². The molecule has 2 heterocycles. The molecule has 4 rings (SSSR count). The fraction of sp³-hybridized carbons (Fsp3) is 0.182. The third kappa shape index (κ3) is 3.84. The van der Waals surface area contributed by atoms with E-state index in [9.17, 15) is 4.79 Å². The number of rotatable bonds is 4. The van der Waals surface area contributed by atoms with Crippen LogP contribution in [0.2, 0.25) is 0 Å². The number of benzene rings is 2. The summed E-state index contributed by atoms with van der Waals surface area (Å²) in [5.41, 5.74) is 3.32. The lowest BCUT2D eigenvalue weighted by Crippen LogP contribution is -2.19. The van der Waals surface area contributed by atoms with E-state index in [0.29, 0.717) is 16.8 Å². The van der Waals surface area contributed by atoms with Gasteiger partial charge in [0.05, 0.1) is 17.3 Å². The Bertz CT molecular complexity index is 1020. The molecular weight excluding hydrogens is 350 g/mol. The predicted molar refractivity (Wildman–Crippen MR) is 108 cm³/mol. The maximum Gasteiger partial charge on any atom is 0.255 e. The first-order valence-electron chi connectivity index (χ1n) is 9.23. The first kappa shape index (κ1) is 17.7. The van der Waals surface area contributed by atoms with Gasteiger partial charge >= 0.3 is 0 Å². The largest absolute Gasteiger partial charge is 0.355 e. The zero-order valence-corrected chi connectivity index (χ0v) is 15.3. The molecule has 1 aliphatic rings. The number of amides is 1. The summed E-state index contributed by atoms with van der Waals surface area (Å²) < 4.78 is 0. The van der Waals surface area contributed by atoms with Crippen molar-refractivity contribution in [1.82, 2.24) is 10.2 Å². The molecule has 0 saturated carbocycles. The van der Waals surface area contributed by atoms with Crippen molar-refractivity contribution in [1.29, 1.82) is 5.26 Å². The van der Waals surface area contributed by atoms with Gasteiger partial charge in [-0.1, -0.05) is 18.2 Å². The van der Waals surface area contributed by atoms with E-state index >= 15 is 0 Å². The summed E-state index contributed by atoms with van der Waals surface area (Å²) >= 11 is 0. The van der Waals surface area contributed by atoms with Crippen LogP contribution in [-0.2, 0) is 0 Å². The maximum absolute atomic E-state index is 12.4. The first-order chi connectivity index (χ1) is 13.7. The molecule has 138 valence electrons. The van der Waals surface area contributed by atoms with Crippen LogP contribution in [0.3, 0.4) is 0 Å². The van der Waals surface area contributed by atoms with E-state index in [4.69, 9.17) is 5.26 Å². The Balaban J connectivity index is 1.44. The molecule has 1 aliphatic heterocycles. The minimum absolute atomic E-state index is 0.250. The van der Waals surface area contributed by atoms with Crippen molar-refractivity contribution in [2.24, 2.45) is 0 Å². The lowest BCUT2D eigenvalue weighted by atomic mass is 10.1. The minimum atomic E-state index is -0.250. The third-order valence-corrected chi connectivity index (χ3v) is 4.77. The van der Waals surface area contributed by atoms with E-state index in [0.717, 1.165) is 30.2 Å². The number of carbonyl (C=O) groups excluding carboxylic acids is 1. The van der Waals surface area contributed by atoms with E-state index in [1.807, 2.05) is 42.5 Å². The normalized spacial score (nSPS) is 13.2. The highest BCUT2D eigenvalue weighted by Gasteiger charge is 2.14. The van der Waals surface area contributed by atoms with Gasteiger partial charge in [0.25, 0.3) is 5.91 Å². The molecule has 0 bridgehead atoms. The topological polar surface area (TPSA) is 81.9 Å². The summed E-state index contributed by atoms with van der Waals surface area (Å²) in [5.74, 6) is 0.671. The van der Waals surface area contributed by atoms with Crippen molar-refractivity contribution in [2.75, 3.05) is 23.3 Å². The van der Waals surface area contributed by atoms with Crippen LogP contribution in [0.1, 0.15) is 28.8 Å². The third-order valence-electron chi connectivity index (χ3n) is 4.77. The van der Waals surface area contributed by atoms with Crippen LogP contribution >= 0.6 is 0 Å². The molecule has 1 fully saturated rings. The Morgan fingerprint density at radius 2 is 1.79 bits per heavy atom. The molecule has 2 aromatic carbocycles. The van der Waals surface area contributed by atoms with Gasteiger partial charge in [-0.3, -0.25) is 4.79 Å². The van der Waals surface area contributed by atoms with E-state index in [2.05, 4.69) is 20.4 Å². The van der Waals surface area contributed by atoms with Crippen molar-refractivity contribution >= 4 is 17.4 Å². The first-order valence-corrected chi connectivity index (χ1v) is 9.23. The van der Waals surface area contributed by atoms with Crippen molar-refractivity contribution in [3.05, 3.63) is 71.8 Å². The van der Waals surface area contributed by atoms with Crippen molar-refractivity contribution in [3.63, 3.8) is 0 Å². The van der Waals surface area contributed by atoms with Gasteiger partial charge in [0, 0.05) is 29.9 Å². The fourth-order valence-corrected chi connectivity index (χ4v) is 3.25. The summed E-state index contributed by atoms with van der Waals surface area (Å²) in [6.45, 7) is 2.08. The van der Waals surface area contributed by atoms with Gasteiger partial charge in [-0.05, 0) is 55.3 Å². The number of carbonyl (C=O) groups is 1.